The summed E-state index contributed by atoms with van der Waals surface area (Å²) in [5, 5.41) is 4.31. The number of hydrogen-bond acceptors (Lipinski definition) is 2. The average Bonchev–Trinajstić information content (AvgIpc) is 2.84. The Bertz CT molecular complexity index is 428. The van der Waals surface area contributed by atoms with Crippen molar-refractivity contribution in [3.8, 4) is 0 Å². The Kier molecular flexibility index (Phi) is 3.78. The van der Waals surface area contributed by atoms with Crippen LogP contribution in [0.15, 0.2) is 12.3 Å². The molecule has 3 heteroatoms. The molecule has 0 amide bonds. The van der Waals surface area contributed by atoms with E-state index in [0.29, 0.717) is 17.3 Å². The highest BCUT2D eigenvalue weighted by molar-refractivity contribution is 5.14. The predicted molar refractivity (Wildman–Crippen MR) is 78.1 cm³/mol. The van der Waals surface area contributed by atoms with Crippen molar-refractivity contribution in [1.29, 1.82) is 0 Å². The lowest BCUT2D eigenvalue weighted by atomic mass is 9.69. The number of aryl methyl sites for hydroxylation is 1. The molecule has 3 nitrogen and oxygen atoms in total. The van der Waals surface area contributed by atoms with Crippen molar-refractivity contribution in [2.75, 3.05) is 13.2 Å². The molecule has 0 saturated carbocycles. The molecule has 0 spiro atoms. The molecule has 2 rings (SSSR count). The van der Waals surface area contributed by atoms with Crippen LogP contribution in [0.4, 0.5) is 0 Å². The summed E-state index contributed by atoms with van der Waals surface area (Å²) in [5.74, 6) is 1.30. The minimum Gasteiger partial charge on any atom is -0.381 e. The van der Waals surface area contributed by atoms with Gasteiger partial charge in [0, 0.05) is 31.0 Å². The van der Waals surface area contributed by atoms with Crippen LogP contribution in [-0.4, -0.2) is 23.0 Å². The van der Waals surface area contributed by atoms with Crippen molar-refractivity contribution in [2.24, 2.45) is 24.3 Å². The third-order valence-corrected chi connectivity index (χ3v) is 4.60. The molecule has 1 saturated heterocycles. The average molecular weight is 264 g/mol. The highest BCUT2D eigenvalue weighted by atomic mass is 16.5. The molecule has 0 radical (unpaired) electrons. The fraction of sp³-hybridized carbons (Fsp3) is 0.812. The maximum atomic E-state index is 5.77. The normalized spacial score (nSPS) is 24.9. The maximum absolute atomic E-state index is 5.77. The van der Waals surface area contributed by atoms with E-state index in [1.54, 1.807) is 0 Å². The summed E-state index contributed by atoms with van der Waals surface area (Å²) in [7, 11) is 2.03. The van der Waals surface area contributed by atoms with Crippen molar-refractivity contribution >= 4 is 0 Å². The SMILES string of the molecule is Cn1nccc1C(C)(C)CC1COCC1C(C)(C)C. The molecule has 108 valence electrons. The van der Waals surface area contributed by atoms with Gasteiger partial charge in [0.15, 0.2) is 0 Å². The van der Waals surface area contributed by atoms with Crippen LogP contribution in [0.2, 0.25) is 0 Å². The van der Waals surface area contributed by atoms with Crippen LogP contribution < -0.4 is 0 Å². The van der Waals surface area contributed by atoms with Crippen LogP contribution in [0.25, 0.3) is 0 Å². The molecule has 0 aromatic carbocycles. The van der Waals surface area contributed by atoms with Crippen molar-refractivity contribution < 1.29 is 4.74 Å². The predicted octanol–water partition coefficient (Wildman–Crippen LogP) is 3.40. The van der Waals surface area contributed by atoms with Crippen LogP contribution in [0.1, 0.15) is 46.7 Å². The fourth-order valence-corrected chi connectivity index (χ4v) is 3.55. The lowest BCUT2D eigenvalue weighted by molar-refractivity contribution is 0.149. The first kappa shape index (κ1) is 14.6. The fourth-order valence-electron chi connectivity index (χ4n) is 3.55. The van der Waals surface area contributed by atoms with Gasteiger partial charge in [0.05, 0.1) is 6.61 Å². The Morgan fingerprint density at radius 2 is 1.95 bits per heavy atom. The Labute approximate surface area is 117 Å². The molecule has 2 atom stereocenters. The van der Waals surface area contributed by atoms with E-state index < -0.39 is 0 Å². The third-order valence-electron chi connectivity index (χ3n) is 4.60. The van der Waals surface area contributed by atoms with Gasteiger partial charge in [-0.2, -0.15) is 5.10 Å². The van der Waals surface area contributed by atoms with E-state index in [0.717, 1.165) is 19.6 Å². The van der Waals surface area contributed by atoms with Gasteiger partial charge in [0.25, 0.3) is 0 Å². The van der Waals surface area contributed by atoms with Gasteiger partial charge >= 0.3 is 0 Å². The van der Waals surface area contributed by atoms with Crippen molar-refractivity contribution in [1.82, 2.24) is 9.78 Å². The van der Waals surface area contributed by atoms with Gasteiger partial charge in [-0.1, -0.05) is 34.6 Å². The Morgan fingerprint density at radius 1 is 1.26 bits per heavy atom. The largest absolute Gasteiger partial charge is 0.381 e. The molecule has 1 fully saturated rings. The monoisotopic (exact) mass is 264 g/mol. The maximum Gasteiger partial charge on any atom is 0.0502 e. The highest BCUT2D eigenvalue weighted by Crippen LogP contribution is 2.42. The first-order chi connectivity index (χ1) is 8.72. The number of nitrogens with zero attached hydrogens (tertiary/aromatic N) is 2. The Morgan fingerprint density at radius 3 is 2.47 bits per heavy atom. The van der Waals surface area contributed by atoms with E-state index in [1.807, 2.05) is 17.9 Å². The standard InChI is InChI=1S/C16H28N2O/c1-15(2,3)13-11-19-10-12(13)9-16(4,5)14-7-8-17-18(14)6/h7-8,12-13H,9-11H2,1-6H3. The molecule has 2 heterocycles. The number of rotatable bonds is 3. The second-order valence-corrected chi connectivity index (χ2v) is 7.70. The quantitative estimate of drug-likeness (QED) is 0.836. The number of ether oxygens (including phenoxy) is 1. The zero-order chi connectivity index (χ0) is 14.3. The zero-order valence-electron chi connectivity index (χ0n) is 13.2. The van der Waals surface area contributed by atoms with E-state index in [4.69, 9.17) is 4.74 Å². The first-order valence-electron chi connectivity index (χ1n) is 7.28. The summed E-state index contributed by atoms with van der Waals surface area (Å²) < 4.78 is 7.77. The Hall–Kier alpha value is -0.830. The van der Waals surface area contributed by atoms with E-state index in [2.05, 4.69) is 45.8 Å². The van der Waals surface area contributed by atoms with Crippen LogP contribution in [0, 0.1) is 17.3 Å². The van der Waals surface area contributed by atoms with Gasteiger partial charge in [-0.05, 0) is 29.7 Å². The van der Waals surface area contributed by atoms with E-state index in [-0.39, 0.29) is 5.41 Å². The molecule has 1 aliphatic rings. The third kappa shape index (κ3) is 3.02. The van der Waals surface area contributed by atoms with Gasteiger partial charge in [-0.3, -0.25) is 4.68 Å². The minimum atomic E-state index is 0.146. The van der Waals surface area contributed by atoms with Crippen LogP contribution in [0.3, 0.4) is 0 Å². The summed E-state index contributed by atoms with van der Waals surface area (Å²) in [6, 6.07) is 2.14. The molecule has 1 aliphatic heterocycles. The van der Waals surface area contributed by atoms with Crippen molar-refractivity contribution in [2.45, 2.75) is 46.5 Å². The summed E-state index contributed by atoms with van der Waals surface area (Å²) in [6.07, 6.45) is 3.05. The number of aromatic nitrogens is 2. The molecule has 0 bridgehead atoms. The highest BCUT2D eigenvalue weighted by Gasteiger charge is 2.40. The molecule has 0 N–H and O–H groups in total. The molecule has 1 aromatic rings. The van der Waals surface area contributed by atoms with Gasteiger partial charge < -0.3 is 4.74 Å². The summed E-state index contributed by atoms with van der Waals surface area (Å²) >= 11 is 0. The molecule has 19 heavy (non-hydrogen) atoms. The van der Waals surface area contributed by atoms with Crippen LogP contribution in [-0.2, 0) is 17.2 Å². The van der Waals surface area contributed by atoms with Crippen molar-refractivity contribution in [3.63, 3.8) is 0 Å². The number of hydrogen-bond donors (Lipinski definition) is 0. The molecular formula is C16H28N2O. The molecule has 1 aromatic heterocycles. The second kappa shape index (κ2) is 4.93. The lowest BCUT2D eigenvalue weighted by Crippen LogP contribution is -2.32. The van der Waals surface area contributed by atoms with Crippen molar-refractivity contribution in [3.05, 3.63) is 18.0 Å². The van der Waals surface area contributed by atoms with Gasteiger partial charge in [-0.25, -0.2) is 0 Å². The van der Waals surface area contributed by atoms with E-state index >= 15 is 0 Å². The first-order valence-corrected chi connectivity index (χ1v) is 7.28. The second-order valence-electron chi connectivity index (χ2n) is 7.70. The lowest BCUT2D eigenvalue weighted by Gasteiger charge is -2.35. The smallest absolute Gasteiger partial charge is 0.0502 e. The molecule has 2 unspecified atom stereocenters. The zero-order valence-corrected chi connectivity index (χ0v) is 13.2. The van der Waals surface area contributed by atoms with Crippen LogP contribution in [0.5, 0.6) is 0 Å². The minimum absolute atomic E-state index is 0.146. The van der Waals surface area contributed by atoms with Crippen LogP contribution >= 0.6 is 0 Å². The van der Waals surface area contributed by atoms with E-state index in [9.17, 15) is 0 Å². The van der Waals surface area contributed by atoms with E-state index in [1.165, 1.54) is 5.69 Å². The van der Waals surface area contributed by atoms with Gasteiger partial charge in [0.1, 0.15) is 0 Å². The molecule has 0 aliphatic carbocycles. The Balaban J connectivity index is 2.14. The molecular weight excluding hydrogens is 236 g/mol. The van der Waals surface area contributed by atoms with Gasteiger partial charge in [-0.15, -0.1) is 0 Å². The van der Waals surface area contributed by atoms with Gasteiger partial charge in [0.2, 0.25) is 0 Å². The topological polar surface area (TPSA) is 27.1 Å². The summed E-state index contributed by atoms with van der Waals surface area (Å²) in [4.78, 5) is 0. The summed E-state index contributed by atoms with van der Waals surface area (Å²) in [6.45, 7) is 13.5. The summed E-state index contributed by atoms with van der Waals surface area (Å²) in [5.41, 5.74) is 1.78.